The van der Waals surface area contributed by atoms with Gasteiger partial charge in [-0.3, -0.25) is 10.1 Å². The number of non-ortho nitro benzene ring substituents is 1. The van der Waals surface area contributed by atoms with Gasteiger partial charge in [0.25, 0.3) is 5.69 Å². The fourth-order valence-corrected chi connectivity index (χ4v) is 1.91. The predicted molar refractivity (Wildman–Crippen MR) is 80.2 cm³/mol. The van der Waals surface area contributed by atoms with E-state index < -0.39 is 4.92 Å². The van der Waals surface area contributed by atoms with Crippen molar-refractivity contribution < 1.29 is 14.8 Å². The molecule has 116 valence electrons. The van der Waals surface area contributed by atoms with E-state index >= 15 is 0 Å². The Morgan fingerprint density at radius 1 is 1.38 bits per heavy atom. The number of benzene rings is 1. The standard InChI is InChI=1S/C14H21N3O4/c1-3-11(8-10(2)9-18)15-14(19)16-12-4-6-13(7-5-12)17(20)21/h4-7,10-11,18H,3,8-9H2,1-2H3,(H2,15,16,19). The number of aliphatic hydroxyl groups is 1. The third-order valence-corrected chi connectivity index (χ3v) is 3.16. The number of hydrogen-bond acceptors (Lipinski definition) is 4. The average molecular weight is 295 g/mol. The molecule has 3 N–H and O–H groups in total. The molecule has 2 unspecified atom stereocenters. The highest BCUT2D eigenvalue weighted by atomic mass is 16.6. The second-order valence-corrected chi connectivity index (χ2v) is 5.03. The number of hydrogen-bond donors (Lipinski definition) is 3. The van der Waals surface area contributed by atoms with Gasteiger partial charge in [0.15, 0.2) is 0 Å². The maximum Gasteiger partial charge on any atom is 0.319 e. The van der Waals surface area contributed by atoms with Crippen LogP contribution in [0.2, 0.25) is 0 Å². The molecule has 7 nitrogen and oxygen atoms in total. The third kappa shape index (κ3) is 5.78. The van der Waals surface area contributed by atoms with Crippen LogP contribution in [0.15, 0.2) is 24.3 Å². The number of urea groups is 1. The molecule has 1 rings (SSSR count). The van der Waals surface area contributed by atoms with E-state index in [2.05, 4.69) is 10.6 Å². The first kappa shape index (κ1) is 16.9. The summed E-state index contributed by atoms with van der Waals surface area (Å²) >= 11 is 0. The zero-order valence-electron chi connectivity index (χ0n) is 12.2. The first-order valence-corrected chi connectivity index (χ1v) is 6.89. The number of anilines is 1. The molecule has 0 bridgehead atoms. The van der Waals surface area contributed by atoms with Gasteiger partial charge in [0, 0.05) is 30.5 Å². The largest absolute Gasteiger partial charge is 0.396 e. The molecule has 0 spiro atoms. The Hall–Kier alpha value is -2.15. The number of carbonyl (C=O) groups is 1. The van der Waals surface area contributed by atoms with Gasteiger partial charge < -0.3 is 15.7 Å². The van der Waals surface area contributed by atoms with Crippen LogP contribution in [0.5, 0.6) is 0 Å². The van der Waals surface area contributed by atoms with E-state index in [1.807, 2.05) is 13.8 Å². The van der Waals surface area contributed by atoms with E-state index in [9.17, 15) is 14.9 Å². The molecule has 0 radical (unpaired) electrons. The molecule has 0 aliphatic heterocycles. The Kier molecular flexibility index (Phi) is 6.61. The first-order chi connectivity index (χ1) is 9.96. The molecule has 1 aromatic carbocycles. The molecule has 0 saturated carbocycles. The molecule has 0 aliphatic carbocycles. The van der Waals surface area contributed by atoms with Gasteiger partial charge in [0.2, 0.25) is 0 Å². The summed E-state index contributed by atoms with van der Waals surface area (Å²) in [5, 5.41) is 25.0. The molecule has 1 aromatic rings. The summed E-state index contributed by atoms with van der Waals surface area (Å²) in [4.78, 5) is 21.9. The molecular weight excluding hydrogens is 274 g/mol. The van der Waals surface area contributed by atoms with Crippen molar-refractivity contribution in [2.75, 3.05) is 11.9 Å². The van der Waals surface area contributed by atoms with E-state index in [4.69, 9.17) is 5.11 Å². The maximum absolute atomic E-state index is 11.9. The summed E-state index contributed by atoms with van der Waals surface area (Å²) in [6, 6.07) is 5.25. The summed E-state index contributed by atoms with van der Waals surface area (Å²) in [5.41, 5.74) is 0.465. The zero-order chi connectivity index (χ0) is 15.8. The van der Waals surface area contributed by atoms with Crippen LogP contribution in [0.25, 0.3) is 0 Å². The van der Waals surface area contributed by atoms with Crippen LogP contribution in [0, 0.1) is 16.0 Å². The molecule has 0 fully saturated rings. The lowest BCUT2D eigenvalue weighted by Gasteiger charge is -2.20. The van der Waals surface area contributed by atoms with Gasteiger partial charge in [-0.05, 0) is 30.9 Å². The Morgan fingerprint density at radius 3 is 2.48 bits per heavy atom. The highest BCUT2D eigenvalue weighted by Gasteiger charge is 2.14. The van der Waals surface area contributed by atoms with Gasteiger partial charge in [-0.15, -0.1) is 0 Å². The Balaban J connectivity index is 2.53. The fraction of sp³-hybridized carbons (Fsp3) is 0.500. The van der Waals surface area contributed by atoms with Crippen LogP contribution in [-0.2, 0) is 0 Å². The SMILES string of the molecule is CCC(CC(C)CO)NC(=O)Nc1ccc([N+](=O)[O-])cc1. The van der Waals surface area contributed by atoms with Crippen molar-refractivity contribution in [3.63, 3.8) is 0 Å². The first-order valence-electron chi connectivity index (χ1n) is 6.89. The van der Waals surface area contributed by atoms with E-state index in [-0.39, 0.29) is 30.3 Å². The smallest absolute Gasteiger partial charge is 0.319 e. The van der Waals surface area contributed by atoms with E-state index in [1.54, 1.807) is 0 Å². The molecule has 21 heavy (non-hydrogen) atoms. The van der Waals surface area contributed by atoms with Crippen LogP contribution < -0.4 is 10.6 Å². The molecule has 0 aromatic heterocycles. The molecule has 0 aliphatic rings. The fourth-order valence-electron chi connectivity index (χ4n) is 1.91. The minimum atomic E-state index is -0.493. The Morgan fingerprint density at radius 2 is 2.00 bits per heavy atom. The number of amides is 2. The van der Waals surface area contributed by atoms with Crippen molar-refractivity contribution in [2.24, 2.45) is 5.92 Å². The van der Waals surface area contributed by atoms with Gasteiger partial charge in [0.1, 0.15) is 0 Å². The van der Waals surface area contributed by atoms with Crippen LogP contribution in [0.1, 0.15) is 26.7 Å². The molecule has 0 saturated heterocycles. The topological polar surface area (TPSA) is 104 Å². The van der Waals surface area contributed by atoms with Crippen molar-refractivity contribution in [1.82, 2.24) is 5.32 Å². The third-order valence-electron chi connectivity index (χ3n) is 3.16. The van der Waals surface area contributed by atoms with Crippen molar-refractivity contribution in [2.45, 2.75) is 32.7 Å². The van der Waals surface area contributed by atoms with Crippen LogP contribution >= 0.6 is 0 Å². The van der Waals surface area contributed by atoms with Crippen LogP contribution in [-0.4, -0.2) is 28.7 Å². The predicted octanol–water partition coefficient (Wildman–Crippen LogP) is 2.51. The second-order valence-electron chi connectivity index (χ2n) is 5.03. The van der Waals surface area contributed by atoms with Gasteiger partial charge in [-0.2, -0.15) is 0 Å². The lowest BCUT2D eigenvalue weighted by atomic mass is 10.0. The summed E-state index contributed by atoms with van der Waals surface area (Å²) in [7, 11) is 0. The number of carbonyl (C=O) groups excluding carboxylic acids is 1. The summed E-state index contributed by atoms with van der Waals surface area (Å²) in [6.45, 7) is 3.96. The number of aliphatic hydroxyl groups excluding tert-OH is 1. The molecular formula is C14H21N3O4. The molecule has 7 heteroatoms. The van der Waals surface area contributed by atoms with Crippen molar-refractivity contribution in [1.29, 1.82) is 0 Å². The number of nitro benzene ring substituents is 1. The summed E-state index contributed by atoms with van der Waals surface area (Å²) < 4.78 is 0. The highest BCUT2D eigenvalue weighted by molar-refractivity contribution is 5.89. The Labute approximate surface area is 123 Å². The van der Waals surface area contributed by atoms with Crippen molar-refractivity contribution in [3.8, 4) is 0 Å². The minimum absolute atomic E-state index is 0.0230. The van der Waals surface area contributed by atoms with E-state index in [0.717, 1.165) is 6.42 Å². The van der Waals surface area contributed by atoms with Crippen molar-refractivity contribution in [3.05, 3.63) is 34.4 Å². The van der Waals surface area contributed by atoms with Crippen LogP contribution in [0.3, 0.4) is 0 Å². The quantitative estimate of drug-likeness (QED) is 0.531. The number of nitrogens with zero attached hydrogens (tertiary/aromatic N) is 1. The van der Waals surface area contributed by atoms with Gasteiger partial charge in [0.05, 0.1) is 4.92 Å². The zero-order valence-corrected chi connectivity index (χ0v) is 12.2. The van der Waals surface area contributed by atoms with Crippen LogP contribution in [0.4, 0.5) is 16.2 Å². The number of rotatable bonds is 7. The molecule has 2 amide bonds. The highest BCUT2D eigenvalue weighted by Crippen LogP contribution is 2.15. The lowest BCUT2D eigenvalue weighted by Crippen LogP contribution is -2.38. The number of nitrogens with one attached hydrogen (secondary N) is 2. The van der Waals surface area contributed by atoms with Gasteiger partial charge >= 0.3 is 6.03 Å². The Bertz CT molecular complexity index is 476. The molecule has 2 atom stereocenters. The molecule has 0 heterocycles. The van der Waals surface area contributed by atoms with E-state index in [1.165, 1.54) is 24.3 Å². The normalized spacial score (nSPS) is 13.3. The average Bonchev–Trinajstić information content (AvgIpc) is 2.46. The maximum atomic E-state index is 11.9. The minimum Gasteiger partial charge on any atom is -0.396 e. The summed E-state index contributed by atoms with van der Waals surface area (Å²) in [6.07, 6.45) is 1.46. The second kappa shape index (κ2) is 8.21. The number of nitro groups is 1. The summed E-state index contributed by atoms with van der Waals surface area (Å²) in [5.74, 6) is 0.120. The van der Waals surface area contributed by atoms with Gasteiger partial charge in [-0.25, -0.2) is 4.79 Å². The monoisotopic (exact) mass is 295 g/mol. The lowest BCUT2D eigenvalue weighted by molar-refractivity contribution is -0.384. The van der Waals surface area contributed by atoms with E-state index in [0.29, 0.717) is 12.1 Å². The van der Waals surface area contributed by atoms with Crippen molar-refractivity contribution >= 4 is 17.4 Å². The van der Waals surface area contributed by atoms with Gasteiger partial charge in [-0.1, -0.05) is 13.8 Å².